The van der Waals surface area contributed by atoms with E-state index in [0.717, 1.165) is 6.42 Å². The Morgan fingerprint density at radius 1 is 1.60 bits per heavy atom. The van der Waals surface area contributed by atoms with Gasteiger partial charge in [0.25, 0.3) is 0 Å². The third kappa shape index (κ3) is 3.03. The molecule has 0 bridgehead atoms. The molecule has 1 aromatic heterocycles. The van der Waals surface area contributed by atoms with Gasteiger partial charge in [-0.15, -0.1) is 0 Å². The Bertz CT molecular complexity index is 280. The average Bonchev–Trinajstić information content (AvgIpc) is 2.63. The quantitative estimate of drug-likeness (QED) is 0.831. The van der Waals surface area contributed by atoms with Crippen LogP contribution < -0.4 is 5.32 Å². The van der Waals surface area contributed by atoms with Crippen molar-refractivity contribution in [2.45, 2.75) is 44.4 Å². The van der Waals surface area contributed by atoms with Crippen LogP contribution in [0, 0.1) is 0 Å². The molecule has 1 heterocycles. The second-order valence-corrected chi connectivity index (χ2v) is 5.21. The topological polar surface area (TPSA) is 21.3 Å². The Morgan fingerprint density at radius 2 is 2.40 bits per heavy atom. The summed E-state index contributed by atoms with van der Waals surface area (Å²) in [6.45, 7) is 2.26. The van der Waals surface area contributed by atoms with Gasteiger partial charge in [-0.05, 0) is 48.6 Å². The summed E-state index contributed by atoms with van der Waals surface area (Å²) in [6.07, 6.45) is 3.97. The van der Waals surface area contributed by atoms with E-state index in [0.29, 0.717) is 18.2 Å². The number of nitrogens with one attached hydrogen (secondary N) is 1. The standard InChI is InChI=1S/C12H19NOS/c1-9(5-10-3-4-15-8-10)13-11-6-12(7-11)14-2/h3-4,8-9,11-13H,5-7H2,1-2H3. The molecule has 15 heavy (non-hydrogen) atoms. The lowest BCUT2D eigenvalue weighted by molar-refractivity contribution is 0.0148. The summed E-state index contributed by atoms with van der Waals surface area (Å²) in [5.74, 6) is 0. The summed E-state index contributed by atoms with van der Waals surface area (Å²) in [6, 6.07) is 3.45. The van der Waals surface area contributed by atoms with Crippen molar-refractivity contribution in [3.8, 4) is 0 Å². The molecule has 84 valence electrons. The number of ether oxygens (including phenoxy) is 1. The van der Waals surface area contributed by atoms with Gasteiger partial charge in [0, 0.05) is 19.2 Å². The third-order valence-electron chi connectivity index (χ3n) is 3.07. The molecule has 1 aliphatic rings. The van der Waals surface area contributed by atoms with Gasteiger partial charge in [-0.3, -0.25) is 0 Å². The molecule has 1 saturated carbocycles. The lowest BCUT2D eigenvalue weighted by Crippen LogP contribution is -2.48. The molecule has 0 aromatic carbocycles. The minimum Gasteiger partial charge on any atom is -0.381 e. The lowest BCUT2D eigenvalue weighted by atomic mass is 9.88. The molecule has 2 nitrogen and oxygen atoms in total. The van der Waals surface area contributed by atoms with Gasteiger partial charge in [0.1, 0.15) is 0 Å². The monoisotopic (exact) mass is 225 g/mol. The van der Waals surface area contributed by atoms with Crippen LogP contribution in [0.25, 0.3) is 0 Å². The van der Waals surface area contributed by atoms with Crippen molar-refractivity contribution >= 4 is 11.3 Å². The molecule has 1 atom stereocenters. The third-order valence-corrected chi connectivity index (χ3v) is 3.80. The fourth-order valence-electron chi connectivity index (χ4n) is 2.12. The van der Waals surface area contributed by atoms with E-state index < -0.39 is 0 Å². The molecule has 0 saturated heterocycles. The number of hydrogen-bond donors (Lipinski definition) is 1. The van der Waals surface area contributed by atoms with Crippen molar-refractivity contribution in [1.82, 2.24) is 5.32 Å². The second kappa shape index (κ2) is 5.10. The van der Waals surface area contributed by atoms with Crippen molar-refractivity contribution in [3.63, 3.8) is 0 Å². The fraction of sp³-hybridized carbons (Fsp3) is 0.667. The minimum atomic E-state index is 0.496. The van der Waals surface area contributed by atoms with Gasteiger partial charge in [0.05, 0.1) is 6.10 Å². The summed E-state index contributed by atoms with van der Waals surface area (Å²) in [5.41, 5.74) is 1.45. The molecule has 0 amide bonds. The van der Waals surface area contributed by atoms with Gasteiger partial charge in [0.15, 0.2) is 0 Å². The molecule has 3 heteroatoms. The van der Waals surface area contributed by atoms with Gasteiger partial charge < -0.3 is 10.1 Å². The highest BCUT2D eigenvalue weighted by atomic mass is 32.1. The summed E-state index contributed by atoms with van der Waals surface area (Å²) >= 11 is 1.78. The van der Waals surface area contributed by atoms with Gasteiger partial charge in [-0.1, -0.05) is 0 Å². The lowest BCUT2D eigenvalue weighted by Gasteiger charge is -2.36. The zero-order valence-electron chi connectivity index (χ0n) is 9.40. The van der Waals surface area contributed by atoms with Gasteiger partial charge in [-0.25, -0.2) is 0 Å². The van der Waals surface area contributed by atoms with E-state index >= 15 is 0 Å². The van der Waals surface area contributed by atoms with Crippen LogP contribution in [0.15, 0.2) is 16.8 Å². The Morgan fingerprint density at radius 3 is 3.00 bits per heavy atom. The number of hydrogen-bond acceptors (Lipinski definition) is 3. The average molecular weight is 225 g/mol. The van der Waals surface area contributed by atoms with Crippen LogP contribution in [-0.2, 0) is 11.2 Å². The van der Waals surface area contributed by atoms with Crippen LogP contribution in [0.5, 0.6) is 0 Å². The molecule has 0 aliphatic heterocycles. The van der Waals surface area contributed by atoms with E-state index in [4.69, 9.17) is 4.74 Å². The molecule has 1 aromatic rings. The zero-order chi connectivity index (χ0) is 10.7. The highest BCUT2D eigenvalue weighted by molar-refractivity contribution is 7.07. The summed E-state index contributed by atoms with van der Waals surface area (Å²) in [7, 11) is 1.80. The normalized spacial score (nSPS) is 27.3. The van der Waals surface area contributed by atoms with Crippen molar-refractivity contribution in [1.29, 1.82) is 0 Å². The van der Waals surface area contributed by atoms with Crippen LogP contribution in [0.2, 0.25) is 0 Å². The first kappa shape index (κ1) is 11.1. The second-order valence-electron chi connectivity index (χ2n) is 4.43. The maximum absolute atomic E-state index is 5.27. The van der Waals surface area contributed by atoms with Gasteiger partial charge in [0.2, 0.25) is 0 Å². The van der Waals surface area contributed by atoms with Crippen molar-refractivity contribution < 1.29 is 4.74 Å². The number of rotatable bonds is 5. The van der Waals surface area contributed by atoms with Crippen molar-refractivity contribution in [3.05, 3.63) is 22.4 Å². The maximum Gasteiger partial charge on any atom is 0.0601 e. The van der Waals surface area contributed by atoms with E-state index in [1.165, 1.54) is 18.4 Å². The van der Waals surface area contributed by atoms with E-state index in [1.807, 2.05) is 0 Å². The van der Waals surface area contributed by atoms with Gasteiger partial charge >= 0.3 is 0 Å². The highest BCUT2D eigenvalue weighted by Gasteiger charge is 2.29. The minimum absolute atomic E-state index is 0.496. The molecule has 2 rings (SSSR count). The summed E-state index contributed by atoms with van der Waals surface area (Å²) < 4.78 is 5.27. The number of methoxy groups -OCH3 is 1. The number of thiophene rings is 1. The fourth-order valence-corrected chi connectivity index (χ4v) is 2.80. The van der Waals surface area contributed by atoms with E-state index in [1.54, 1.807) is 18.4 Å². The zero-order valence-corrected chi connectivity index (χ0v) is 10.2. The Kier molecular flexibility index (Phi) is 3.78. The predicted molar refractivity (Wildman–Crippen MR) is 64.4 cm³/mol. The molecule has 1 fully saturated rings. The van der Waals surface area contributed by atoms with Crippen LogP contribution in [0.3, 0.4) is 0 Å². The van der Waals surface area contributed by atoms with Crippen LogP contribution in [0.4, 0.5) is 0 Å². The smallest absolute Gasteiger partial charge is 0.0601 e. The molecule has 1 aliphatic carbocycles. The Hall–Kier alpha value is -0.380. The molecule has 0 radical (unpaired) electrons. The van der Waals surface area contributed by atoms with Crippen LogP contribution in [-0.4, -0.2) is 25.3 Å². The predicted octanol–water partition coefficient (Wildman–Crippen LogP) is 2.45. The first-order valence-corrected chi connectivity index (χ1v) is 6.52. The highest BCUT2D eigenvalue weighted by Crippen LogP contribution is 2.23. The van der Waals surface area contributed by atoms with Crippen LogP contribution >= 0.6 is 11.3 Å². The molecular formula is C12H19NOS. The molecule has 1 N–H and O–H groups in total. The first-order chi connectivity index (χ1) is 7.28. The van der Waals surface area contributed by atoms with Gasteiger partial charge in [-0.2, -0.15) is 11.3 Å². The summed E-state index contributed by atoms with van der Waals surface area (Å²) in [5, 5.41) is 8.02. The van der Waals surface area contributed by atoms with Crippen LogP contribution in [0.1, 0.15) is 25.3 Å². The molecule has 0 spiro atoms. The Balaban J connectivity index is 1.67. The molecular weight excluding hydrogens is 206 g/mol. The summed E-state index contributed by atoms with van der Waals surface area (Å²) in [4.78, 5) is 0. The maximum atomic E-state index is 5.27. The van der Waals surface area contributed by atoms with E-state index in [-0.39, 0.29) is 0 Å². The Labute approximate surface area is 95.6 Å². The van der Waals surface area contributed by atoms with Crippen molar-refractivity contribution in [2.75, 3.05) is 7.11 Å². The van der Waals surface area contributed by atoms with Crippen molar-refractivity contribution in [2.24, 2.45) is 0 Å². The SMILES string of the molecule is COC1CC(NC(C)Cc2ccsc2)C1. The van der Waals surface area contributed by atoms with E-state index in [2.05, 4.69) is 29.1 Å². The molecule has 1 unspecified atom stereocenters. The first-order valence-electron chi connectivity index (χ1n) is 5.58. The largest absolute Gasteiger partial charge is 0.381 e. The van der Waals surface area contributed by atoms with E-state index in [9.17, 15) is 0 Å².